The van der Waals surface area contributed by atoms with Crippen LogP contribution in [0.5, 0.6) is 0 Å². The molecule has 0 aliphatic carbocycles. The Morgan fingerprint density at radius 2 is 1.76 bits per heavy atom. The summed E-state index contributed by atoms with van der Waals surface area (Å²) in [4.78, 5) is 27.7. The average molecular weight is 445 g/mol. The van der Waals surface area contributed by atoms with Crippen molar-refractivity contribution >= 4 is 22.6 Å². The number of carbonyl (C=O) groups excluding carboxylic acids is 1. The van der Waals surface area contributed by atoms with E-state index in [0.29, 0.717) is 35.4 Å². The standard InChI is InChI=1S/C25H21F2N5O/c26-18-3-1-2-16(12-18)22-7-4-17(14-28-22)25(33)31-20-8-10-32(11-9-20)24-21-6-5-19(27)13-23(21)29-15-30-24/h1-7,12-15,20H,8-11H2,(H,31,33). The van der Waals surface area contributed by atoms with E-state index < -0.39 is 0 Å². The third-order valence-corrected chi connectivity index (χ3v) is 5.85. The van der Waals surface area contributed by atoms with Crippen molar-refractivity contribution in [1.82, 2.24) is 20.3 Å². The van der Waals surface area contributed by atoms with E-state index in [1.54, 1.807) is 30.3 Å². The number of carbonyl (C=O) groups is 1. The van der Waals surface area contributed by atoms with Crippen molar-refractivity contribution < 1.29 is 13.6 Å². The van der Waals surface area contributed by atoms with Gasteiger partial charge in [0, 0.05) is 42.3 Å². The Bertz CT molecular complexity index is 1300. The number of halogens is 2. The predicted octanol–water partition coefficient (Wildman–Crippen LogP) is 4.37. The quantitative estimate of drug-likeness (QED) is 0.505. The summed E-state index contributed by atoms with van der Waals surface area (Å²) in [6, 6.07) is 14.2. The van der Waals surface area contributed by atoms with Crippen LogP contribution in [0.3, 0.4) is 0 Å². The van der Waals surface area contributed by atoms with Crippen LogP contribution in [0.1, 0.15) is 23.2 Å². The summed E-state index contributed by atoms with van der Waals surface area (Å²) in [6.45, 7) is 1.43. The Hall–Kier alpha value is -3.94. The molecule has 1 aliphatic rings. The van der Waals surface area contributed by atoms with Crippen molar-refractivity contribution in [3.63, 3.8) is 0 Å². The van der Waals surface area contributed by atoms with Crippen LogP contribution in [0.15, 0.2) is 67.1 Å². The minimum atomic E-state index is -0.329. The number of nitrogens with zero attached hydrogens (tertiary/aromatic N) is 4. The zero-order valence-corrected chi connectivity index (χ0v) is 17.7. The summed E-state index contributed by atoms with van der Waals surface area (Å²) in [6.07, 6.45) is 4.47. The van der Waals surface area contributed by atoms with Crippen LogP contribution in [0.25, 0.3) is 22.2 Å². The second kappa shape index (κ2) is 8.90. The van der Waals surface area contributed by atoms with Crippen molar-refractivity contribution in [2.24, 2.45) is 0 Å². The van der Waals surface area contributed by atoms with E-state index in [2.05, 4.69) is 25.2 Å². The molecule has 33 heavy (non-hydrogen) atoms. The summed E-state index contributed by atoms with van der Waals surface area (Å²) in [5.41, 5.74) is 2.30. The summed E-state index contributed by atoms with van der Waals surface area (Å²) >= 11 is 0. The molecule has 5 rings (SSSR count). The Labute approximate surface area is 189 Å². The normalized spacial score (nSPS) is 14.4. The number of amides is 1. The molecule has 8 heteroatoms. The number of nitrogens with one attached hydrogen (secondary N) is 1. The second-order valence-corrected chi connectivity index (χ2v) is 8.04. The molecule has 0 unspecified atom stereocenters. The first-order chi connectivity index (χ1) is 16.1. The van der Waals surface area contributed by atoms with Crippen molar-refractivity contribution in [2.45, 2.75) is 18.9 Å². The lowest BCUT2D eigenvalue weighted by atomic mass is 10.0. The maximum absolute atomic E-state index is 13.5. The molecular weight excluding hydrogens is 424 g/mol. The van der Waals surface area contributed by atoms with Gasteiger partial charge in [0.15, 0.2) is 0 Å². The molecular formula is C25H21F2N5O. The molecule has 0 bridgehead atoms. The highest BCUT2D eigenvalue weighted by Crippen LogP contribution is 2.26. The van der Waals surface area contributed by atoms with Gasteiger partial charge < -0.3 is 10.2 Å². The van der Waals surface area contributed by atoms with E-state index in [-0.39, 0.29) is 23.6 Å². The van der Waals surface area contributed by atoms with Gasteiger partial charge >= 0.3 is 0 Å². The van der Waals surface area contributed by atoms with Gasteiger partial charge in [-0.1, -0.05) is 12.1 Å². The zero-order chi connectivity index (χ0) is 22.8. The number of anilines is 1. The van der Waals surface area contributed by atoms with Gasteiger partial charge in [-0.3, -0.25) is 9.78 Å². The third-order valence-electron chi connectivity index (χ3n) is 5.85. The van der Waals surface area contributed by atoms with Crippen LogP contribution in [0, 0.1) is 11.6 Å². The number of hydrogen-bond acceptors (Lipinski definition) is 5. The highest BCUT2D eigenvalue weighted by atomic mass is 19.1. The molecule has 1 aliphatic heterocycles. The van der Waals surface area contributed by atoms with E-state index in [0.717, 1.165) is 24.0 Å². The van der Waals surface area contributed by atoms with E-state index >= 15 is 0 Å². The third kappa shape index (κ3) is 4.50. The van der Waals surface area contributed by atoms with Crippen molar-refractivity contribution in [2.75, 3.05) is 18.0 Å². The maximum atomic E-state index is 13.5. The first-order valence-corrected chi connectivity index (χ1v) is 10.7. The lowest BCUT2D eigenvalue weighted by Gasteiger charge is -2.33. The minimum Gasteiger partial charge on any atom is -0.356 e. The number of piperidine rings is 1. The predicted molar refractivity (Wildman–Crippen MR) is 122 cm³/mol. The van der Waals surface area contributed by atoms with Crippen LogP contribution in [-0.2, 0) is 0 Å². The summed E-state index contributed by atoms with van der Waals surface area (Å²) in [5.74, 6) is -0.0618. The number of benzene rings is 2. The van der Waals surface area contributed by atoms with Crippen LogP contribution in [-0.4, -0.2) is 40.0 Å². The van der Waals surface area contributed by atoms with E-state index in [1.807, 2.05) is 0 Å². The fourth-order valence-corrected chi connectivity index (χ4v) is 4.12. The molecule has 2 aromatic carbocycles. The molecule has 1 saturated heterocycles. The molecule has 3 heterocycles. The fourth-order valence-electron chi connectivity index (χ4n) is 4.12. The minimum absolute atomic E-state index is 0.0298. The molecule has 0 saturated carbocycles. The van der Waals surface area contributed by atoms with Crippen LogP contribution in [0.4, 0.5) is 14.6 Å². The number of fused-ring (bicyclic) bond motifs is 1. The lowest BCUT2D eigenvalue weighted by Crippen LogP contribution is -2.45. The van der Waals surface area contributed by atoms with E-state index in [9.17, 15) is 13.6 Å². The highest BCUT2D eigenvalue weighted by molar-refractivity contribution is 5.94. The second-order valence-electron chi connectivity index (χ2n) is 8.04. The number of aromatic nitrogens is 3. The van der Waals surface area contributed by atoms with E-state index in [4.69, 9.17) is 0 Å². The molecule has 1 N–H and O–H groups in total. The van der Waals surface area contributed by atoms with Crippen molar-refractivity contribution in [3.05, 3.63) is 84.3 Å². The Morgan fingerprint density at radius 1 is 0.939 bits per heavy atom. The van der Waals surface area contributed by atoms with Crippen molar-refractivity contribution in [1.29, 1.82) is 0 Å². The number of rotatable bonds is 4. The molecule has 1 fully saturated rings. The Kier molecular flexibility index (Phi) is 5.64. The van der Waals surface area contributed by atoms with Crippen LogP contribution < -0.4 is 10.2 Å². The first-order valence-electron chi connectivity index (χ1n) is 10.7. The number of pyridine rings is 1. The lowest BCUT2D eigenvalue weighted by molar-refractivity contribution is 0.0930. The summed E-state index contributed by atoms with van der Waals surface area (Å²) in [7, 11) is 0. The topological polar surface area (TPSA) is 71.0 Å². The Balaban J connectivity index is 1.21. The average Bonchev–Trinajstić information content (AvgIpc) is 2.84. The SMILES string of the molecule is O=C(NC1CCN(c2ncnc3cc(F)ccc23)CC1)c1ccc(-c2cccc(F)c2)nc1. The van der Waals surface area contributed by atoms with E-state index in [1.165, 1.54) is 36.8 Å². The van der Waals surface area contributed by atoms with Gasteiger partial charge in [0.1, 0.15) is 23.8 Å². The van der Waals surface area contributed by atoms with Crippen LogP contribution in [0.2, 0.25) is 0 Å². The molecule has 1 amide bonds. The molecule has 2 aromatic heterocycles. The maximum Gasteiger partial charge on any atom is 0.253 e. The molecule has 4 aromatic rings. The monoisotopic (exact) mass is 445 g/mol. The molecule has 0 radical (unpaired) electrons. The van der Waals surface area contributed by atoms with Crippen LogP contribution >= 0.6 is 0 Å². The highest BCUT2D eigenvalue weighted by Gasteiger charge is 2.23. The largest absolute Gasteiger partial charge is 0.356 e. The van der Waals surface area contributed by atoms with Gasteiger partial charge in [-0.15, -0.1) is 0 Å². The van der Waals surface area contributed by atoms with Gasteiger partial charge in [-0.2, -0.15) is 0 Å². The van der Waals surface area contributed by atoms with Gasteiger partial charge in [0.2, 0.25) is 0 Å². The molecule has 0 spiro atoms. The van der Waals surface area contributed by atoms with Gasteiger partial charge in [0.05, 0.1) is 16.8 Å². The summed E-state index contributed by atoms with van der Waals surface area (Å²) in [5, 5.41) is 3.88. The fraction of sp³-hybridized carbons (Fsp3) is 0.200. The number of hydrogen-bond donors (Lipinski definition) is 1. The van der Waals surface area contributed by atoms with Crippen molar-refractivity contribution in [3.8, 4) is 11.3 Å². The smallest absolute Gasteiger partial charge is 0.253 e. The van der Waals surface area contributed by atoms with Gasteiger partial charge in [-0.25, -0.2) is 18.7 Å². The first kappa shape index (κ1) is 20.9. The van der Waals surface area contributed by atoms with Gasteiger partial charge in [0.25, 0.3) is 5.91 Å². The summed E-state index contributed by atoms with van der Waals surface area (Å²) < 4.78 is 26.9. The Morgan fingerprint density at radius 3 is 2.52 bits per heavy atom. The molecule has 0 atom stereocenters. The molecule has 6 nitrogen and oxygen atoms in total. The molecule has 166 valence electrons. The van der Waals surface area contributed by atoms with Gasteiger partial charge in [-0.05, 0) is 49.2 Å². The zero-order valence-electron chi connectivity index (χ0n) is 17.7.